The van der Waals surface area contributed by atoms with Gasteiger partial charge in [0.15, 0.2) is 11.5 Å². The van der Waals surface area contributed by atoms with Crippen molar-refractivity contribution >= 4 is 17.8 Å². The zero-order chi connectivity index (χ0) is 18.1. The Balaban J connectivity index is 1.96. The van der Waals surface area contributed by atoms with Gasteiger partial charge in [0.1, 0.15) is 6.04 Å². The van der Waals surface area contributed by atoms with Crippen LogP contribution in [0, 0.1) is 0 Å². The van der Waals surface area contributed by atoms with Gasteiger partial charge in [-0.3, -0.25) is 4.79 Å². The van der Waals surface area contributed by atoms with Crippen molar-refractivity contribution in [3.8, 4) is 11.5 Å². The van der Waals surface area contributed by atoms with Crippen LogP contribution in [0.4, 0.5) is 5.69 Å². The topological polar surface area (TPSA) is 72.0 Å². The molecule has 2 aromatic carbocycles. The molecule has 0 aliphatic carbocycles. The van der Waals surface area contributed by atoms with Crippen LogP contribution >= 0.6 is 0 Å². The average molecular weight is 341 g/mol. The number of hydrazone groups is 1. The molecule has 6 nitrogen and oxygen atoms in total. The number of ether oxygens (including phenoxy) is 2. The smallest absolute Gasteiger partial charge is 0.262 e. The highest BCUT2D eigenvalue weighted by Gasteiger charge is 2.15. The summed E-state index contributed by atoms with van der Waals surface area (Å²) < 4.78 is 10.4. The van der Waals surface area contributed by atoms with Crippen molar-refractivity contribution in [3.63, 3.8) is 0 Å². The number of nitrogens with zero attached hydrogens (tertiary/aromatic N) is 1. The Bertz CT molecular complexity index is 717. The van der Waals surface area contributed by atoms with Crippen molar-refractivity contribution in [3.05, 3.63) is 54.1 Å². The number of hydrogen-bond acceptors (Lipinski definition) is 5. The van der Waals surface area contributed by atoms with E-state index < -0.39 is 0 Å². The predicted octanol–water partition coefficient (Wildman–Crippen LogP) is 3.04. The molecule has 132 valence electrons. The zero-order valence-electron chi connectivity index (χ0n) is 14.7. The minimum absolute atomic E-state index is 0.192. The Morgan fingerprint density at radius 2 is 1.84 bits per heavy atom. The third-order valence-electron chi connectivity index (χ3n) is 3.64. The van der Waals surface area contributed by atoms with E-state index in [2.05, 4.69) is 15.8 Å². The highest BCUT2D eigenvalue weighted by atomic mass is 16.5. The van der Waals surface area contributed by atoms with E-state index in [9.17, 15) is 4.79 Å². The molecule has 0 radical (unpaired) electrons. The number of hydrogen-bond donors (Lipinski definition) is 2. The van der Waals surface area contributed by atoms with Crippen LogP contribution in [0.1, 0.15) is 18.9 Å². The summed E-state index contributed by atoms with van der Waals surface area (Å²) >= 11 is 0. The third-order valence-corrected chi connectivity index (χ3v) is 3.64. The summed E-state index contributed by atoms with van der Waals surface area (Å²) in [4.78, 5) is 12.3. The summed E-state index contributed by atoms with van der Waals surface area (Å²) in [5, 5.41) is 7.21. The number of benzene rings is 2. The molecule has 0 saturated carbocycles. The molecule has 0 unspecified atom stereocenters. The maximum Gasteiger partial charge on any atom is 0.262 e. The van der Waals surface area contributed by atoms with Gasteiger partial charge in [0.05, 0.1) is 20.4 Å². The van der Waals surface area contributed by atoms with Crippen LogP contribution < -0.4 is 20.2 Å². The lowest BCUT2D eigenvalue weighted by Crippen LogP contribution is -2.36. The second-order valence-electron chi connectivity index (χ2n) is 5.32. The summed E-state index contributed by atoms with van der Waals surface area (Å²) in [7, 11) is 3.15. The average Bonchev–Trinajstić information content (AvgIpc) is 2.66. The highest BCUT2D eigenvalue weighted by Crippen LogP contribution is 2.26. The number of carbonyl (C=O) groups excluding carboxylic acids is 1. The molecule has 0 spiro atoms. The number of amides is 1. The largest absolute Gasteiger partial charge is 0.493 e. The zero-order valence-corrected chi connectivity index (χ0v) is 14.7. The lowest BCUT2D eigenvalue weighted by atomic mass is 10.2. The van der Waals surface area contributed by atoms with Gasteiger partial charge >= 0.3 is 0 Å². The van der Waals surface area contributed by atoms with Gasteiger partial charge in [0.25, 0.3) is 5.91 Å². The van der Waals surface area contributed by atoms with Crippen LogP contribution in [-0.4, -0.2) is 32.4 Å². The molecule has 25 heavy (non-hydrogen) atoms. The first-order chi connectivity index (χ1) is 12.2. The Morgan fingerprint density at radius 3 is 2.48 bits per heavy atom. The fourth-order valence-corrected chi connectivity index (χ4v) is 2.27. The second kappa shape index (κ2) is 9.32. The number of carbonyl (C=O) groups is 1. The molecule has 2 aromatic rings. The maximum atomic E-state index is 12.3. The van der Waals surface area contributed by atoms with Crippen molar-refractivity contribution < 1.29 is 14.3 Å². The molecule has 0 saturated heterocycles. The van der Waals surface area contributed by atoms with Gasteiger partial charge in [0, 0.05) is 5.69 Å². The molecule has 0 aliphatic rings. The molecular formula is C19H23N3O3. The van der Waals surface area contributed by atoms with Gasteiger partial charge in [-0.1, -0.05) is 25.1 Å². The Labute approximate surface area is 147 Å². The Hall–Kier alpha value is -3.02. The first-order valence-corrected chi connectivity index (χ1v) is 8.04. The van der Waals surface area contributed by atoms with Crippen LogP contribution in [-0.2, 0) is 4.79 Å². The molecule has 0 aliphatic heterocycles. The highest BCUT2D eigenvalue weighted by molar-refractivity contribution is 5.87. The summed E-state index contributed by atoms with van der Waals surface area (Å²) in [6.45, 7) is 1.94. The van der Waals surface area contributed by atoms with E-state index in [1.54, 1.807) is 32.6 Å². The number of para-hydroxylation sites is 1. The quantitative estimate of drug-likeness (QED) is 0.572. The normalized spacial score (nSPS) is 11.8. The monoisotopic (exact) mass is 341 g/mol. The Morgan fingerprint density at radius 1 is 1.12 bits per heavy atom. The SMILES string of the molecule is CC[C@H](Nc1ccccc1)C(=O)NN=Cc1ccc(OC)c(OC)c1. The number of methoxy groups -OCH3 is 2. The molecule has 1 atom stereocenters. The summed E-state index contributed by atoms with van der Waals surface area (Å²) in [5.74, 6) is 1.06. The number of anilines is 1. The van der Waals surface area contributed by atoms with E-state index in [1.807, 2.05) is 43.3 Å². The molecular weight excluding hydrogens is 318 g/mol. The van der Waals surface area contributed by atoms with E-state index in [-0.39, 0.29) is 11.9 Å². The molecule has 2 rings (SSSR count). The minimum atomic E-state index is -0.357. The molecule has 6 heteroatoms. The number of nitrogens with one attached hydrogen (secondary N) is 2. The first kappa shape index (κ1) is 18.3. The van der Waals surface area contributed by atoms with E-state index in [1.165, 1.54) is 0 Å². The molecule has 1 amide bonds. The van der Waals surface area contributed by atoms with Crippen molar-refractivity contribution in [2.24, 2.45) is 5.10 Å². The van der Waals surface area contributed by atoms with Gasteiger partial charge in [0.2, 0.25) is 0 Å². The standard InChI is InChI=1S/C19H23N3O3/c1-4-16(21-15-8-6-5-7-9-15)19(23)22-20-13-14-10-11-17(24-2)18(12-14)25-3/h5-13,16,21H,4H2,1-3H3,(H,22,23)/t16-/m0/s1. The Kier molecular flexibility index (Phi) is 6.83. The van der Waals surface area contributed by atoms with Crippen molar-refractivity contribution in [2.75, 3.05) is 19.5 Å². The molecule has 2 N–H and O–H groups in total. The van der Waals surface area contributed by atoms with E-state index >= 15 is 0 Å². The summed E-state index contributed by atoms with van der Waals surface area (Å²) in [5.41, 5.74) is 4.25. The first-order valence-electron chi connectivity index (χ1n) is 8.04. The third kappa shape index (κ3) is 5.24. The van der Waals surface area contributed by atoms with E-state index in [0.29, 0.717) is 17.9 Å². The van der Waals surface area contributed by atoms with Crippen LogP contribution in [0.25, 0.3) is 0 Å². The van der Waals surface area contributed by atoms with Crippen LogP contribution in [0.2, 0.25) is 0 Å². The van der Waals surface area contributed by atoms with Crippen LogP contribution in [0.5, 0.6) is 11.5 Å². The predicted molar refractivity (Wildman–Crippen MR) is 99.4 cm³/mol. The van der Waals surface area contributed by atoms with Crippen molar-refractivity contribution in [2.45, 2.75) is 19.4 Å². The fraction of sp³-hybridized carbons (Fsp3) is 0.263. The summed E-state index contributed by atoms with van der Waals surface area (Å²) in [6, 6.07) is 14.7. The van der Waals surface area contributed by atoms with Crippen molar-refractivity contribution in [1.82, 2.24) is 5.43 Å². The summed E-state index contributed by atoms with van der Waals surface area (Å²) in [6.07, 6.45) is 2.21. The van der Waals surface area contributed by atoms with Crippen LogP contribution in [0.15, 0.2) is 53.6 Å². The fourth-order valence-electron chi connectivity index (χ4n) is 2.27. The van der Waals surface area contributed by atoms with Crippen molar-refractivity contribution in [1.29, 1.82) is 0 Å². The number of rotatable bonds is 8. The van der Waals surface area contributed by atoms with E-state index in [0.717, 1.165) is 11.3 Å². The lowest BCUT2D eigenvalue weighted by molar-refractivity contribution is -0.121. The minimum Gasteiger partial charge on any atom is -0.493 e. The molecule has 0 heterocycles. The van der Waals surface area contributed by atoms with Gasteiger partial charge in [-0.05, 0) is 42.3 Å². The maximum absolute atomic E-state index is 12.3. The van der Waals surface area contributed by atoms with Gasteiger partial charge < -0.3 is 14.8 Å². The van der Waals surface area contributed by atoms with Gasteiger partial charge in [-0.15, -0.1) is 0 Å². The van der Waals surface area contributed by atoms with Gasteiger partial charge in [-0.25, -0.2) is 5.43 Å². The molecule has 0 fully saturated rings. The lowest BCUT2D eigenvalue weighted by Gasteiger charge is -2.16. The van der Waals surface area contributed by atoms with E-state index in [4.69, 9.17) is 9.47 Å². The second-order valence-corrected chi connectivity index (χ2v) is 5.32. The molecule has 0 aromatic heterocycles. The van der Waals surface area contributed by atoms with Crippen LogP contribution in [0.3, 0.4) is 0 Å². The van der Waals surface area contributed by atoms with Gasteiger partial charge in [-0.2, -0.15) is 5.10 Å². The molecule has 0 bridgehead atoms.